The zero-order valence-electron chi connectivity index (χ0n) is 14.9. The molecule has 0 spiro atoms. The number of aromatic hydroxyl groups is 1. The van der Waals surface area contributed by atoms with E-state index in [1.54, 1.807) is 26.8 Å². The molecular formula is C18H22O8. The summed E-state index contributed by atoms with van der Waals surface area (Å²) in [5.74, 6) is 0.0912. The van der Waals surface area contributed by atoms with Crippen LogP contribution in [0.5, 0.6) is 11.5 Å². The number of benzene rings is 1. The van der Waals surface area contributed by atoms with Crippen LogP contribution in [0.4, 0.5) is 0 Å². The van der Waals surface area contributed by atoms with Crippen molar-refractivity contribution in [2.75, 3.05) is 7.11 Å². The highest BCUT2D eigenvalue weighted by Crippen LogP contribution is 2.35. The normalized spacial score (nSPS) is 28.2. The van der Waals surface area contributed by atoms with E-state index in [-0.39, 0.29) is 17.1 Å². The fraction of sp³-hybridized carbons (Fsp3) is 0.500. The third-order valence-corrected chi connectivity index (χ3v) is 4.63. The van der Waals surface area contributed by atoms with Crippen molar-refractivity contribution in [2.24, 2.45) is 0 Å². The van der Waals surface area contributed by atoms with Gasteiger partial charge in [-0.15, -0.1) is 0 Å². The number of methoxy groups -OCH3 is 1. The van der Waals surface area contributed by atoms with Crippen LogP contribution in [0, 0.1) is 6.92 Å². The van der Waals surface area contributed by atoms with Crippen LogP contribution in [-0.4, -0.2) is 52.6 Å². The second-order valence-electron chi connectivity index (χ2n) is 6.86. The summed E-state index contributed by atoms with van der Waals surface area (Å²) >= 11 is 0. The van der Waals surface area contributed by atoms with Crippen LogP contribution in [0.3, 0.4) is 0 Å². The third kappa shape index (κ3) is 3.05. The SMILES string of the molecule is CO[C@@H]1[C@@H](O)[C@@H](O)[C@H](Oc2ccc3c(O)cc(=O)oc3c2C)OC1(C)C. The Bertz CT molecular complexity index is 871. The lowest BCUT2D eigenvalue weighted by atomic mass is 9.89. The number of rotatable bonds is 3. The Kier molecular flexibility index (Phi) is 4.70. The van der Waals surface area contributed by atoms with E-state index in [1.165, 1.54) is 13.2 Å². The van der Waals surface area contributed by atoms with E-state index in [1.807, 2.05) is 0 Å². The first-order valence-corrected chi connectivity index (χ1v) is 8.15. The van der Waals surface area contributed by atoms with Crippen molar-refractivity contribution in [1.29, 1.82) is 0 Å². The van der Waals surface area contributed by atoms with Crippen molar-refractivity contribution in [3.63, 3.8) is 0 Å². The maximum Gasteiger partial charge on any atom is 0.339 e. The molecule has 1 saturated heterocycles. The highest BCUT2D eigenvalue weighted by atomic mass is 16.7. The van der Waals surface area contributed by atoms with Gasteiger partial charge >= 0.3 is 5.63 Å². The second kappa shape index (κ2) is 6.55. The zero-order valence-corrected chi connectivity index (χ0v) is 14.9. The summed E-state index contributed by atoms with van der Waals surface area (Å²) in [7, 11) is 1.43. The minimum absolute atomic E-state index is 0.173. The first kappa shape index (κ1) is 18.7. The molecule has 4 atom stereocenters. The van der Waals surface area contributed by atoms with Crippen molar-refractivity contribution >= 4 is 11.0 Å². The molecule has 0 radical (unpaired) electrons. The smallest absolute Gasteiger partial charge is 0.339 e. The monoisotopic (exact) mass is 366 g/mol. The number of hydrogen-bond donors (Lipinski definition) is 3. The van der Waals surface area contributed by atoms with E-state index < -0.39 is 35.8 Å². The van der Waals surface area contributed by atoms with Crippen LogP contribution < -0.4 is 10.4 Å². The van der Waals surface area contributed by atoms with Gasteiger partial charge in [0.15, 0.2) is 0 Å². The van der Waals surface area contributed by atoms with Gasteiger partial charge < -0.3 is 33.9 Å². The maximum atomic E-state index is 11.5. The van der Waals surface area contributed by atoms with Gasteiger partial charge in [0.25, 0.3) is 0 Å². The largest absolute Gasteiger partial charge is 0.507 e. The van der Waals surface area contributed by atoms with Gasteiger partial charge in [-0.1, -0.05) is 0 Å². The maximum absolute atomic E-state index is 11.5. The van der Waals surface area contributed by atoms with Gasteiger partial charge in [0.05, 0.1) is 17.1 Å². The molecule has 8 nitrogen and oxygen atoms in total. The quantitative estimate of drug-likeness (QED) is 0.690. The summed E-state index contributed by atoms with van der Waals surface area (Å²) in [4.78, 5) is 11.5. The van der Waals surface area contributed by atoms with E-state index in [2.05, 4.69) is 0 Å². The number of hydrogen-bond acceptors (Lipinski definition) is 8. The second-order valence-corrected chi connectivity index (χ2v) is 6.86. The molecule has 3 rings (SSSR count). The van der Waals surface area contributed by atoms with Gasteiger partial charge in [0, 0.05) is 12.7 Å². The van der Waals surface area contributed by atoms with Crippen LogP contribution in [0.25, 0.3) is 11.0 Å². The fourth-order valence-electron chi connectivity index (χ4n) is 3.28. The van der Waals surface area contributed by atoms with Crippen molar-refractivity contribution < 1.29 is 33.9 Å². The van der Waals surface area contributed by atoms with Crippen LogP contribution in [-0.2, 0) is 9.47 Å². The Morgan fingerprint density at radius 1 is 1.19 bits per heavy atom. The third-order valence-electron chi connectivity index (χ3n) is 4.63. The van der Waals surface area contributed by atoms with Gasteiger partial charge in [-0.3, -0.25) is 0 Å². The Morgan fingerprint density at radius 2 is 1.88 bits per heavy atom. The predicted molar refractivity (Wildman–Crippen MR) is 91.3 cm³/mol. The fourth-order valence-corrected chi connectivity index (χ4v) is 3.28. The van der Waals surface area contributed by atoms with E-state index in [9.17, 15) is 20.1 Å². The number of aryl methyl sites for hydroxylation is 1. The van der Waals surface area contributed by atoms with E-state index in [0.29, 0.717) is 10.9 Å². The van der Waals surface area contributed by atoms with Crippen molar-refractivity contribution in [1.82, 2.24) is 0 Å². The first-order chi connectivity index (χ1) is 12.2. The van der Waals surface area contributed by atoms with Crippen molar-refractivity contribution in [3.05, 3.63) is 34.2 Å². The highest BCUT2D eigenvalue weighted by molar-refractivity contribution is 5.86. The van der Waals surface area contributed by atoms with Crippen LogP contribution >= 0.6 is 0 Å². The summed E-state index contributed by atoms with van der Waals surface area (Å²) in [6, 6.07) is 4.08. The summed E-state index contributed by atoms with van der Waals surface area (Å²) in [6.45, 7) is 5.09. The summed E-state index contributed by atoms with van der Waals surface area (Å²) < 4.78 is 21.9. The minimum atomic E-state index is -1.35. The molecule has 1 aliphatic heterocycles. The number of aliphatic hydroxyl groups excluding tert-OH is 2. The summed E-state index contributed by atoms with van der Waals surface area (Å²) in [5, 5.41) is 30.9. The Morgan fingerprint density at radius 3 is 2.54 bits per heavy atom. The molecule has 3 N–H and O–H groups in total. The lowest BCUT2D eigenvalue weighted by Gasteiger charge is -2.46. The molecule has 1 aliphatic rings. The molecule has 2 heterocycles. The molecule has 0 aliphatic carbocycles. The average Bonchev–Trinajstić information content (AvgIpc) is 2.55. The minimum Gasteiger partial charge on any atom is -0.507 e. The molecular weight excluding hydrogens is 344 g/mol. The lowest BCUT2D eigenvalue weighted by molar-refractivity contribution is -0.306. The molecule has 26 heavy (non-hydrogen) atoms. The lowest BCUT2D eigenvalue weighted by Crippen LogP contribution is -2.63. The van der Waals surface area contributed by atoms with Crippen LogP contribution in [0.2, 0.25) is 0 Å². The highest BCUT2D eigenvalue weighted by Gasteiger charge is 2.50. The predicted octanol–water partition coefficient (Wildman–Crippen LogP) is 1.06. The number of ether oxygens (including phenoxy) is 3. The molecule has 142 valence electrons. The number of fused-ring (bicyclic) bond motifs is 1. The summed E-state index contributed by atoms with van der Waals surface area (Å²) in [5.41, 5.74) is -0.975. The topological polar surface area (TPSA) is 119 Å². The standard InChI is InChI=1S/C18H22O8/c1-8-11(6-5-9-10(19)7-12(20)25-15(8)9)24-17-14(22)13(21)16(23-4)18(2,3)26-17/h5-7,13-14,16-17,19,21-22H,1-4H3/t13-,14+,16+,17+/m0/s1. The molecule has 8 heteroatoms. The molecule has 0 saturated carbocycles. The van der Waals surface area contributed by atoms with E-state index in [4.69, 9.17) is 18.6 Å². The molecule has 1 aromatic heterocycles. The van der Waals surface area contributed by atoms with Crippen LogP contribution in [0.15, 0.2) is 27.4 Å². The molecule has 1 aromatic carbocycles. The van der Waals surface area contributed by atoms with E-state index >= 15 is 0 Å². The van der Waals surface area contributed by atoms with Crippen molar-refractivity contribution in [3.8, 4) is 11.5 Å². The van der Waals surface area contributed by atoms with Gasteiger partial charge in [0.2, 0.25) is 6.29 Å². The first-order valence-electron chi connectivity index (χ1n) is 8.15. The molecule has 0 amide bonds. The summed E-state index contributed by atoms with van der Waals surface area (Å²) in [6.07, 6.45) is -4.45. The molecule has 0 bridgehead atoms. The van der Waals surface area contributed by atoms with Gasteiger partial charge in [0.1, 0.15) is 35.4 Å². The van der Waals surface area contributed by atoms with Gasteiger partial charge in [-0.05, 0) is 32.9 Å². The van der Waals surface area contributed by atoms with Crippen molar-refractivity contribution in [2.45, 2.75) is 51.0 Å². The number of aliphatic hydroxyl groups is 2. The average molecular weight is 366 g/mol. The Balaban J connectivity index is 1.96. The van der Waals surface area contributed by atoms with Gasteiger partial charge in [-0.2, -0.15) is 0 Å². The Labute approximate surface area is 149 Å². The molecule has 0 unspecified atom stereocenters. The van der Waals surface area contributed by atoms with Crippen LogP contribution in [0.1, 0.15) is 19.4 Å². The zero-order chi connectivity index (χ0) is 19.2. The molecule has 1 fully saturated rings. The van der Waals surface area contributed by atoms with Gasteiger partial charge in [-0.25, -0.2) is 4.79 Å². The Hall–Kier alpha value is -2.13. The van der Waals surface area contributed by atoms with E-state index in [0.717, 1.165) is 6.07 Å². The molecule has 2 aromatic rings.